The van der Waals surface area contributed by atoms with E-state index in [9.17, 15) is 9.59 Å². The smallest absolute Gasteiger partial charge is 0.263 e. The highest BCUT2D eigenvalue weighted by Gasteiger charge is 2.19. The molecular formula is C19H16ClN5O2S. The molecule has 3 heterocycles. The van der Waals surface area contributed by atoms with E-state index in [4.69, 9.17) is 11.6 Å². The number of hydrogen-bond donors (Lipinski definition) is 2. The van der Waals surface area contributed by atoms with Crippen molar-refractivity contribution in [3.63, 3.8) is 0 Å². The minimum atomic E-state index is -0.373. The number of thiophene rings is 1. The van der Waals surface area contributed by atoms with Crippen LogP contribution in [0.5, 0.6) is 0 Å². The molecule has 0 saturated carbocycles. The topological polar surface area (TPSA) is 88.4 Å². The minimum Gasteiger partial charge on any atom is -0.345 e. The summed E-state index contributed by atoms with van der Waals surface area (Å²) in [6.07, 6.45) is 1.83. The zero-order chi connectivity index (χ0) is 19.7. The number of carbonyl (C=O) groups is 2. The number of amides is 2. The Labute approximate surface area is 169 Å². The van der Waals surface area contributed by atoms with Crippen LogP contribution in [0.1, 0.15) is 28.5 Å². The summed E-state index contributed by atoms with van der Waals surface area (Å²) < 4.78 is 2.73. The second-order valence-electron chi connectivity index (χ2n) is 6.20. The van der Waals surface area contributed by atoms with Crippen LogP contribution < -0.4 is 10.6 Å². The van der Waals surface area contributed by atoms with Gasteiger partial charge < -0.3 is 10.6 Å². The van der Waals surface area contributed by atoms with Crippen LogP contribution in [0.3, 0.4) is 0 Å². The van der Waals surface area contributed by atoms with Gasteiger partial charge in [-0.15, -0.1) is 21.5 Å². The van der Waals surface area contributed by atoms with Gasteiger partial charge in [0, 0.05) is 16.3 Å². The molecule has 1 aromatic carbocycles. The number of halogens is 1. The van der Waals surface area contributed by atoms with E-state index in [0.717, 1.165) is 10.1 Å². The lowest BCUT2D eigenvalue weighted by Crippen LogP contribution is -2.38. The molecule has 142 valence electrons. The van der Waals surface area contributed by atoms with E-state index in [1.165, 1.54) is 11.3 Å². The van der Waals surface area contributed by atoms with E-state index in [2.05, 4.69) is 20.8 Å². The standard InChI is InChI=1S/C19H16ClN5O2S/c1-11(18-24-23-14-8-4-5-9-25(14)18)22-15(26)10-21-19(27)17-16(20)12-6-2-3-7-13(12)28-17/h2-9,11H,10H2,1H3,(H,21,27)(H,22,26). The highest BCUT2D eigenvalue weighted by Crippen LogP contribution is 2.34. The Hall–Kier alpha value is -2.97. The van der Waals surface area contributed by atoms with Crippen molar-refractivity contribution in [1.82, 2.24) is 25.2 Å². The fourth-order valence-electron chi connectivity index (χ4n) is 2.91. The number of nitrogens with one attached hydrogen (secondary N) is 2. The van der Waals surface area contributed by atoms with Crippen LogP contribution >= 0.6 is 22.9 Å². The first-order valence-corrected chi connectivity index (χ1v) is 9.78. The maximum atomic E-state index is 12.4. The third-order valence-electron chi connectivity index (χ3n) is 4.26. The third kappa shape index (κ3) is 3.44. The van der Waals surface area contributed by atoms with Gasteiger partial charge in [-0.2, -0.15) is 0 Å². The predicted molar refractivity (Wildman–Crippen MR) is 109 cm³/mol. The molecule has 2 amide bonds. The molecule has 4 aromatic rings. The molecule has 0 aliphatic rings. The second-order valence-corrected chi connectivity index (χ2v) is 7.63. The highest BCUT2D eigenvalue weighted by atomic mass is 35.5. The van der Waals surface area contributed by atoms with Gasteiger partial charge in [0.2, 0.25) is 5.91 Å². The summed E-state index contributed by atoms with van der Waals surface area (Å²) in [6.45, 7) is 1.65. The lowest BCUT2D eigenvalue weighted by molar-refractivity contribution is -0.120. The molecule has 0 fully saturated rings. The van der Waals surface area contributed by atoms with E-state index < -0.39 is 0 Å². The summed E-state index contributed by atoms with van der Waals surface area (Å²) >= 11 is 7.61. The highest BCUT2D eigenvalue weighted by molar-refractivity contribution is 7.21. The quantitative estimate of drug-likeness (QED) is 0.526. The third-order valence-corrected chi connectivity index (χ3v) is 5.93. The fraction of sp³-hybridized carbons (Fsp3) is 0.158. The Morgan fingerprint density at radius 3 is 2.79 bits per heavy atom. The molecule has 3 aromatic heterocycles. The number of carbonyl (C=O) groups excluding carboxylic acids is 2. The lowest BCUT2D eigenvalue weighted by Gasteiger charge is -2.12. The summed E-state index contributed by atoms with van der Waals surface area (Å²) in [5.74, 6) is -0.0875. The van der Waals surface area contributed by atoms with Crippen molar-refractivity contribution in [3.8, 4) is 0 Å². The van der Waals surface area contributed by atoms with Crippen molar-refractivity contribution in [3.05, 3.63) is 64.4 Å². The zero-order valence-electron chi connectivity index (χ0n) is 14.8. The van der Waals surface area contributed by atoms with E-state index in [-0.39, 0.29) is 24.4 Å². The van der Waals surface area contributed by atoms with Crippen molar-refractivity contribution in [1.29, 1.82) is 0 Å². The number of aromatic nitrogens is 3. The van der Waals surface area contributed by atoms with Crippen molar-refractivity contribution >= 4 is 50.5 Å². The van der Waals surface area contributed by atoms with E-state index >= 15 is 0 Å². The Kier molecular flexibility index (Phi) is 4.97. The van der Waals surface area contributed by atoms with E-state index in [1.54, 1.807) is 4.40 Å². The number of benzene rings is 1. The Bertz CT molecular complexity index is 1190. The molecule has 1 unspecified atom stereocenters. The molecule has 9 heteroatoms. The van der Waals surface area contributed by atoms with E-state index in [1.807, 2.05) is 55.6 Å². The average Bonchev–Trinajstić information content (AvgIpc) is 3.28. The number of fused-ring (bicyclic) bond motifs is 2. The minimum absolute atomic E-state index is 0.162. The van der Waals surface area contributed by atoms with Gasteiger partial charge in [0.25, 0.3) is 5.91 Å². The maximum absolute atomic E-state index is 12.4. The Morgan fingerprint density at radius 1 is 1.18 bits per heavy atom. The normalized spacial score (nSPS) is 12.2. The van der Waals surface area contributed by atoms with Crippen molar-refractivity contribution in [2.75, 3.05) is 6.54 Å². The molecule has 7 nitrogen and oxygen atoms in total. The van der Waals surface area contributed by atoms with Gasteiger partial charge in [0.1, 0.15) is 4.88 Å². The summed E-state index contributed by atoms with van der Waals surface area (Å²) in [5, 5.41) is 14.9. The van der Waals surface area contributed by atoms with Gasteiger partial charge in [-0.05, 0) is 25.1 Å². The van der Waals surface area contributed by atoms with Gasteiger partial charge in [0.05, 0.1) is 17.6 Å². The maximum Gasteiger partial charge on any atom is 0.263 e. The molecule has 0 radical (unpaired) electrons. The lowest BCUT2D eigenvalue weighted by atomic mass is 10.2. The van der Waals surface area contributed by atoms with Gasteiger partial charge >= 0.3 is 0 Å². The van der Waals surface area contributed by atoms with Crippen LogP contribution in [0.2, 0.25) is 5.02 Å². The van der Waals surface area contributed by atoms with Crippen LogP contribution in [-0.4, -0.2) is 33.0 Å². The van der Waals surface area contributed by atoms with Crippen molar-refractivity contribution in [2.45, 2.75) is 13.0 Å². The molecule has 0 spiro atoms. The number of nitrogens with zero attached hydrogens (tertiary/aromatic N) is 3. The molecule has 0 bridgehead atoms. The van der Waals surface area contributed by atoms with Crippen LogP contribution in [0, 0.1) is 0 Å². The SMILES string of the molecule is CC(NC(=O)CNC(=O)c1sc2ccccc2c1Cl)c1nnc2ccccn12. The molecule has 0 aliphatic carbocycles. The second kappa shape index (κ2) is 7.57. The first-order chi connectivity index (χ1) is 13.5. The molecule has 1 atom stereocenters. The molecular weight excluding hydrogens is 398 g/mol. The summed E-state index contributed by atoms with van der Waals surface area (Å²) in [7, 11) is 0. The predicted octanol–water partition coefficient (Wildman–Crippen LogP) is 3.20. The molecule has 0 aliphatic heterocycles. The first kappa shape index (κ1) is 18.4. The van der Waals surface area contributed by atoms with Crippen LogP contribution in [0.4, 0.5) is 0 Å². The average molecular weight is 414 g/mol. The van der Waals surface area contributed by atoms with Crippen LogP contribution in [0.15, 0.2) is 48.7 Å². The molecule has 2 N–H and O–H groups in total. The summed E-state index contributed by atoms with van der Waals surface area (Å²) in [4.78, 5) is 25.1. The van der Waals surface area contributed by atoms with E-state index in [0.29, 0.717) is 21.4 Å². The number of rotatable bonds is 5. The molecule has 4 rings (SSSR count). The molecule has 0 saturated heterocycles. The first-order valence-electron chi connectivity index (χ1n) is 8.59. The Balaban J connectivity index is 1.40. The van der Waals surface area contributed by atoms with Gasteiger partial charge in [-0.3, -0.25) is 14.0 Å². The van der Waals surface area contributed by atoms with Gasteiger partial charge in [-0.1, -0.05) is 35.9 Å². The van der Waals surface area contributed by atoms with Crippen molar-refractivity contribution in [2.24, 2.45) is 0 Å². The molecule has 28 heavy (non-hydrogen) atoms. The number of hydrogen-bond acceptors (Lipinski definition) is 5. The summed E-state index contributed by atoms with van der Waals surface area (Å²) in [6, 6.07) is 12.7. The van der Waals surface area contributed by atoms with Crippen LogP contribution in [-0.2, 0) is 4.79 Å². The Morgan fingerprint density at radius 2 is 1.96 bits per heavy atom. The van der Waals surface area contributed by atoms with Crippen LogP contribution in [0.25, 0.3) is 15.7 Å². The largest absolute Gasteiger partial charge is 0.345 e. The van der Waals surface area contributed by atoms with Crippen molar-refractivity contribution < 1.29 is 9.59 Å². The monoisotopic (exact) mass is 413 g/mol. The summed E-state index contributed by atoms with van der Waals surface area (Å²) in [5.41, 5.74) is 0.700. The van der Waals surface area contributed by atoms with Gasteiger partial charge in [0.15, 0.2) is 11.5 Å². The fourth-order valence-corrected chi connectivity index (χ4v) is 4.35. The zero-order valence-corrected chi connectivity index (χ0v) is 16.4. The number of pyridine rings is 1. The van der Waals surface area contributed by atoms with Gasteiger partial charge in [-0.25, -0.2) is 0 Å².